The zero-order chi connectivity index (χ0) is 14.7. The summed E-state index contributed by atoms with van der Waals surface area (Å²) in [6, 6.07) is 11.3. The Balaban J connectivity index is 1.79. The van der Waals surface area contributed by atoms with E-state index in [1.165, 1.54) is 17.7 Å². The van der Waals surface area contributed by atoms with Gasteiger partial charge in [-0.05, 0) is 43.7 Å². The molecule has 0 spiro atoms. The van der Waals surface area contributed by atoms with Crippen molar-refractivity contribution < 1.29 is 0 Å². The predicted octanol–water partition coefficient (Wildman–Crippen LogP) is 3.82. The third kappa shape index (κ3) is 4.05. The summed E-state index contributed by atoms with van der Waals surface area (Å²) >= 11 is 1.85. The Hall–Kier alpha value is -1.39. The quantitative estimate of drug-likeness (QED) is 0.823. The normalized spacial score (nSPS) is 14.4. The molecule has 1 aliphatic rings. The zero-order valence-electron chi connectivity index (χ0n) is 12.6. The Bertz CT molecular complexity index is 606. The van der Waals surface area contributed by atoms with E-state index in [4.69, 9.17) is 4.98 Å². The smallest absolute Gasteiger partial charge is 0.159 e. The van der Waals surface area contributed by atoms with Gasteiger partial charge in [0.2, 0.25) is 0 Å². The van der Waals surface area contributed by atoms with Crippen LogP contribution in [0.15, 0.2) is 35.2 Å². The van der Waals surface area contributed by atoms with E-state index in [2.05, 4.69) is 47.6 Å². The van der Waals surface area contributed by atoms with Crippen LogP contribution in [0.5, 0.6) is 0 Å². The van der Waals surface area contributed by atoms with Crippen LogP contribution in [0.3, 0.4) is 0 Å². The Morgan fingerprint density at radius 1 is 1.19 bits per heavy atom. The summed E-state index contributed by atoms with van der Waals surface area (Å²) in [4.78, 5) is 10.6. The van der Waals surface area contributed by atoms with Gasteiger partial charge in [-0.1, -0.05) is 19.1 Å². The maximum atomic E-state index is 4.70. The summed E-state index contributed by atoms with van der Waals surface area (Å²) in [7, 11) is 0. The monoisotopic (exact) mass is 299 g/mol. The maximum absolute atomic E-state index is 4.70. The molecule has 4 heteroatoms. The van der Waals surface area contributed by atoms with Gasteiger partial charge in [0.05, 0.1) is 5.69 Å². The molecule has 0 amide bonds. The molecule has 1 fully saturated rings. The summed E-state index contributed by atoms with van der Waals surface area (Å²) in [6.45, 7) is 5.04. The van der Waals surface area contributed by atoms with Crippen molar-refractivity contribution >= 4 is 11.8 Å². The van der Waals surface area contributed by atoms with E-state index in [1.54, 1.807) is 0 Å². The highest BCUT2D eigenvalue weighted by atomic mass is 32.2. The SMILES string of the molecule is CCSc1ccc(-c2nc(C)cc(CNC3CC3)n2)cc1. The van der Waals surface area contributed by atoms with Gasteiger partial charge in [-0.2, -0.15) is 0 Å². The van der Waals surface area contributed by atoms with Crippen LogP contribution in [0.25, 0.3) is 11.4 Å². The Labute approximate surface area is 130 Å². The van der Waals surface area contributed by atoms with Crippen LogP contribution >= 0.6 is 11.8 Å². The topological polar surface area (TPSA) is 37.8 Å². The number of aryl methyl sites for hydroxylation is 1. The lowest BCUT2D eigenvalue weighted by atomic mass is 10.2. The number of aromatic nitrogens is 2. The van der Waals surface area contributed by atoms with E-state index in [9.17, 15) is 0 Å². The minimum Gasteiger partial charge on any atom is -0.308 e. The first kappa shape index (κ1) is 14.5. The molecule has 21 heavy (non-hydrogen) atoms. The maximum Gasteiger partial charge on any atom is 0.159 e. The van der Waals surface area contributed by atoms with E-state index in [-0.39, 0.29) is 0 Å². The molecule has 1 heterocycles. The van der Waals surface area contributed by atoms with Crippen molar-refractivity contribution in [3.63, 3.8) is 0 Å². The number of rotatable bonds is 6. The molecule has 0 aliphatic heterocycles. The van der Waals surface area contributed by atoms with Gasteiger partial charge in [-0.3, -0.25) is 0 Å². The second-order valence-electron chi connectivity index (χ2n) is 5.44. The minimum absolute atomic E-state index is 0.703. The summed E-state index contributed by atoms with van der Waals surface area (Å²) in [5.41, 5.74) is 3.20. The number of benzene rings is 1. The molecule has 1 saturated carbocycles. The highest BCUT2D eigenvalue weighted by Crippen LogP contribution is 2.23. The fourth-order valence-electron chi connectivity index (χ4n) is 2.26. The first-order chi connectivity index (χ1) is 10.2. The third-order valence-corrected chi connectivity index (χ3v) is 4.37. The molecular formula is C17H21N3S. The molecule has 1 aromatic heterocycles. The number of nitrogens with zero attached hydrogens (tertiary/aromatic N) is 2. The average molecular weight is 299 g/mol. The summed E-state index contributed by atoms with van der Waals surface area (Å²) in [5.74, 6) is 1.92. The highest BCUT2D eigenvalue weighted by molar-refractivity contribution is 7.99. The van der Waals surface area contributed by atoms with Gasteiger partial charge in [0, 0.05) is 28.7 Å². The van der Waals surface area contributed by atoms with Crippen LogP contribution in [0.4, 0.5) is 0 Å². The van der Waals surface area contributed by atoms with E-state index in [0.29, 0.717) is 6.04 Å². The molecule has 0 saturated heterocycles. The minimum atomic E-state index is 0.703. The van der Waals surface area contributed by atoms with E-state index in [1.807, 2.05) is 18.7 Å². The second kappa shape index (κ2) is 6.58. The molecule has 1 aromatic carbocycles. The molecule has 0 unspecified atom stereocenters. The number of nitrogens with one attached hydrogen (secondary N) is 1. The van der Waals surface area contributed by atoms with Crippen molar-refractivity contribution in [2.45, 2.75) is 44.2 Å². The first-order valence-corrected chi connectivity index (χ1v) is 8.54. The molecule has 0 atom stereocenters. The number of hydrogen-bond donors (Lipinski definition) is 1. The lowest BCUT2D eigenvalue weighted by Crippen LogP contribution is -2.16. The second-order valence-corrected chi connectivity index (χ2v) is 6.77. The van der Waals surface area contributed by atoms with Crippen molar-refractivity contribution in [3.8, 4) is 11.4 Å². The van der Waals surface area contributed by atoms with Gasteiger partial charge < -0.3 is 5.32 Å². The average Bonchev–Trinajstić information content (AvgIpc) is 3.30. The first-order valence-electron chi connectivity index (χ1n) is 7.56. The van der Waals surface area contributed by atoms with Crippen molar-refractivity contribution in [1.29, 1.82) is 0 Å². The molecular weight excluding hydrogens is 278 g/mol. The molecule has 0 radical (unpaired) electrons. The summed E-state index contributed by atoms with van der Waals surface area (Å²) in [5, 5.41) is 3.51. The van der Waals surface area contributed by atoms with Gasteiger partial charge in [-0.25, -0.2) is 9.97 Å². The summed E-state index contributed by atoms with van der Waals surface area (Å²) in [6.07, 6.45) is 2.60. The van der Waals surface area contributed by atoms with Crippen molar-refractivity contribution in [3.05, 3.63) is 41.7 Å². The van der Waals surface area contributed by atoms with Crippen molar-refractivity contribution in [1.82, 2.24) is 15.3 Å². The molecule has 3 nitrogen and oxygen atoms in total. The van der Waals surface area contributed by atoms with E-state index in [0.717, 1.165) is 35.1 Å². The highest BCUT2D eigenvalue weighted by Gasteiger charge is 2.20. The number of hydrogen-bond acceptors (Lipinski definition) is 4. The third-order valence-electron chi connectivity index (χ3n) is 3.48. The van der Waals surface area contributed by atoms with Gasteiger partial charge >= 0.3 is 0 Å². The van der Waals surface area contributed by atoms with Crippen LogP contribution in [-0.4, -0.2) is 21.8 Å². The van der Waals surface area contributed by atoms with E-state index >= 15 is 0 Å². The molecule has 110 valence electrons. The molecule has 2 aromatic rings. The van der Waals surface area contributed by atoms with Crippen LogP contribution in [0.2, 0.25) is 0 Å². The van der Waals surface area contributed by atoms with Crippen LogP contribution in [0.1, 0.15) is 31.2 Å². The van der Waals surface area contributed by atoms with Crippen molar-refractivity contribution in [2.24, 2.45) is 0 Å². The van der Waals surface area contributed by atoms with Gasteiger partial charge in [-0.15, -0.1) is 11.8 Å². The fraction of sp³-hybridized carbons (Fsp3) is 0.412. The van der Waals surface area contributed by atoms with E-state index < -0.39 is 0 Å². The van der Waals surface area contributed by atoms with Crippen LogP contribution in [-0.2, 0) is 6.54 Å². The van der Waals surface area contributed by atoms with Gasteiger partial charge in [0.1, 0.15) is 0 Å². The Kier molecular flexibility index (Phi) is 4.56. The fourth-order valence-corrected chi connectivity index (χ4v) is 2.92. The standard InChI is InChI=1S/C17H21N3S/c1-3-21-16-8-4-13(5-9-16)17-19-12(2)10-15(20-17)11-18-14-6-7-14/h4-5,8-10,14,18H,3,6-7,11H2,1-2H3. The zero-order valence-corrected chi connectivity index (χ0v) is 13.4. The lowest BCUT2D eigenvalue weighted by molar-refractivity contribution is 0.672. The molecule has 0 bridgehead atoms. The van der Waals surface area contributed by atoms with Gasteiger partial charge in [0.15, 0.2) is 5.82 Å². The summed E-state index contributed by atoms with van der Waals surface area (Å²) < 4.78 is 0. The largest absolute Gasteiger partial charge is 0.308 e. The molecule has 3 rings (SSSR count). The molecule has 1 N–H and O–H groups in total. The van der Waals surface area contributed by atoms with Crippen LogP contribution < -0.4 is 5.32 Å². The van der Waals surface area contributed by atoms with Gasteiger partial charge in [0.25, 0.3) is 0 Å². The Morgan fingerprint density at radius 3 is 2.62 bits per heavy atom. The molecule has 1 aliphatic carbocycles. The van der Waals surface area contributed by atoms with Crippen molar-refractivity contribution in [2.75, 3.05) is 5.75 Å². The van der Waals surface area contributed by atoms with Crippen LogP contribution in [0, 0.1) is 6.92 Å². The lowest BCUT2D eigenvalue weighted by Gasteiger charge is -2.07. The number of thioether (sulfide) groups is 1. The predicted molar refractivity (Wildman–Crippen MR) is 88.5 cm³/mol. The Morgan fingerprint density at radius 2 is 1.95 bits per heavy atom.